The molecule has 0 aliphatic heterocycles. The van der Waals surface area contributed by atoms with Gasteiger partial charge in [0.25, 0.3) is 0 Å². The Kier molecular flexibility index (Phi) is 4.46. The lowest BCUT2D eigenvalue weighted by Gasteiger charge is -2.13. The molecule has 0 aliphatic rings. The van der Waals surface area contributed by atoms with Gasteiger partial charge in [0.2, 0.25) is 0 Å². The molecule has 0 saturated carbocycles. The van der Waals surface area contributed by atoms with Gasteiger partial charge in [-0.05, 0) is 13.3 Å². The Bertz CT molecular complexity index is 483. The minimum atomic E-state index is 0.750. The highest BCUT2D eigenvalue weighted by Crippen LogP contribution is 2.21. The second-order valence-corrected chi connectivity index (χ2v) is 4.73. The molecule has 96 valence electrons. The van der Waals surface area contributed by atoms with Gasteiger partial charge in [0.15, 0.2) is 0 Å². The van der Waals surface area contributed by atoms with Gasteiger partial charge in [-0.3, -0.25) is 4.98 Å². The van der Waals surface area contributed by atoms with Crippen molar-refractivity contribution >= 4 is 23.0 Å². The number of aromatic nitrogens is 3. The van der Waals surface area contributed by atoms with Crippen LogP contribution in [0.4, 0.5) is 11.6 Å². The van der Waals surface area contributed by atoms with E-state index in [4.69, 9.17) is 0 Å². The van der Waals surface area contributed by atoms with E-state index in [1.165, 1.54) is 4.88 Å². The summed E-state index contributed by atoms with van der Waals surface area (Å²) in [4.78, 5) is 13.8. The number of thiazole rings is 1. The fourth-order valence-electron chi connectivity index (χ4n) is 1.72. The molecule has 0 aromatic carbocycles. The van der Waals surface area contributed by atoms with Crippen molar-refractivity contribution in [3.05, 3.63) is 28.5 Å². The summed E-state index contributed by atoms with van der Waals surface area (Å²) in [6.45, 7) is 5.78. The van der Waals surface area contributed by atoms with Gasteiger partial charge in [0.1, 0.15) is 18.0 Å². The normalized spacial score (nSPS) is 10.3. The summed E-state index contributed by atoms with van der Waals surface area (Å²) in [5.41, 5.74) is 2.96. The summed E-state index contributed by atoms with van der Waals surface area (Å²) in [6.07, 6.45) is 4.36. The molecular weight excluding hydrogens is 246 g/mol. The molecule has 2 rings (SSSR count). The predicted octanol–water partition coefficient (Wildman–Crippen LogP) is 2.54. The van der Waals surface area contributed by atoms with Crippen LogP contribution in [0.15, 0.2) is 18.0 Å². The number of anilines is 2. The third-order valence-electron chi connectivity index (χ3n) is 2.56. The van der Waals surface area contributed by atoms with E-state index < -0.39 is 0 Å². The van der Waals surface area contributed by atoms with E-state index in [2.05, 4.69) is 39.4 Å². The smallest absolute Gasteiger partial charge is 0.135 e. The van der Waals surface area contributed by atoms with Crippen molar-refractivity contribution in [3.8, 4) is 0 Å². The van der Waals surface area contributed by atoms with Gasteiger partial charge in [-0.15, -0.1) is 11.3 Å². The lowest BCUT2D eigenvalue weighted by molar-refractivity contribution is 1.00. The third kappa shape index (κ3) is 2.95. The molecule has 0 unspecified atom stereocenters. The van der Waals surface area contributed by atoms with Crippen LogP contribution in [-0.2, 0) is 13.0 Å². The largest absolute Gasteiger partial charge is 0.370 e. The zero-order valence-electron chi connectivity index (χ0n) is 10.6. The minimum absolute atomic E-state index is 0.750. The molecule has 2 aromatic heterocycles. The van der Waals surface area contributed by atoms with Crippen molar-refractivity contribution in [1.82, 2.24) is 15.0 Å². The Hall–Kier alpha value is -1.69. The highest BCUT2D eigenvalue weighted by molar-refractivity contribution is 7.09. The van der Waals surface area contributed by atoms with Gasteiger partial charge < -0.3 is 10.6 Å². The monoisotopic (exact) mass is 263 g/mol. The lowest BCUT2D eigenvalue weighted by Crippen LogP contribution is -2.09. The van der Waals surface area contributed by atoms with E-state index >= 15 is 0 Å². The average molecular weight is 263 g/mol. The highest BCUT2D eigenvalue weighted by Gasteiger charge is 2.08. The van der Waals surface area contributed by atoms with Crippen LogP contribution >= 0.6 is 11.3 Å². The molecule has 0 atom stereocenters. The van der Waals surface area contributed by atoms with E-state index in [9.17, 15) is 0 Å². The van der Waals surface area contributed by atoms with Gasteiger partial charge in [0, 0.05) is 23.2 Å². The molecule has 0 bridgehead atoms. The van der Waals surface area contributed by atoms with Crippen LogP contribution in [-0.4, -0.2) is 21.5 Å². The van der Waals surface area contributed by atoms with Crippen molar-refractivity contribution in [3.63, 3.8) is 0 Å². The van der Waals surface area contributed by atoms with E-state index in [1.807, 2.05) is 11.7 Å². The zero-order chi connectivity index (χ0) is 12.8. The van der Waals surface area contributed by atoms with Crippen LogP contribution < -0.4 is 10.6 Å². The minimum Gasteiger partial charge on any atom is -0.370 e. The lowest BCUT2D eigenvalue weighted by atomic mass is 10.2. The number of nitrogens with zero attached hydrogens (tertiary/aromatic N) is 3. The Morgan fingerprint density at radius 2 is 1.94 bits per heavy atom. The summed E-state index contributed by atoms with van der Waals surface area (Å²) in [7, 11) is 0. The molecule has 0 radical (unpaired) electrons. The molecule has 2 aromatic rings. The van der Waals surface area contributed by atoms with Gasteiger partial charge >= 0.3 is 0 Å². The molecule has 2 heterocycles. The Balaban J connectivity index is 2.13. The summed E-state index contributed by atoms with van der Waals surface area (Å²) >= 11 is 1.64. The van der Waals surface area contributed by atoms with Crippen molar-refractivity contribution < 1.29 is 0 Å². The average Bonchev–Trinajstić information content (AvgIpc) is 2.90. The van der Waals surface area contributed by atoms with Crippen LogP contribution in [0.2, 0.25) is 0 Å². The second kappa shape index (κ2) is 6.30. The Morgan fingerprint density at radius 1 is 1.17 bits per heavy atom. The van der Waals surface area contributed by atoms with Crippen molar-refractivity contribution in [2.75, 3.05) is 17.2 Å². The molecule has 0 fully saturated rings. The van der Waals surface area contributed by atoms with Crippen molar-refractivity contribution in [2.24, 2.45) is 0 Å². The molecule has 0 amide bonds. The Labute approximate surface area is 111 Å². The van der Waals surface area contributed by atoms with Gasteiger partial charge in [-0.25, -0.2) is 9.97 Å². The predicted molar refractivity (Wildman–Crippen MR) is 75.0 cm³/mol. The summed E-state index contributed by atoms with van der Waals surface area (Å²) in [5, 5.41) is 6.60. The maximum Gasteiger partial charge on any atom is 0.135 e. The van der Waals surface area contributed by atoms with Gasteiger partial charge in [-0.2, -0.15) is 0 Å². The summed E-state index contributed by atoms with van der Waals surface area (Å²) < 4.78 is 0. The summed E-state index contributed by atoms with van der Waals surface area (Å²) in [5.74, 6) is 1.82. The maximum atomic E-state index is 4.31. The Morgan fingerprint density at radius 3 is 2.56 bits per heavy atom. The molecule has 2 N–H and O–H groups in total. The molecule has 18 heavy (non-hydrogen) atoms. The van der Waals surface area contributed by atoms with E-state index in [0.717, 1.165) is 36.7 Å². The van der Waals surface area contributed by atoms with E-state index in [0.29, 0.717) is 0 Å². The van der Waals surface area contributed by atoms with Gasteiger partial charge in [-0.1, -0.05) is 6.92 Å². The number of rotatable bonds is 6. The van der Waals surface area contributed by atoms with E-state index in [1.54, 1.807) is 17.7 Å². The first kappa shape index (κ1) is 12.8. The van der Waals surface area contributed by atoms with Crippen molar-refractivity contribution in [2.45, 2.75) is 26.8 Å². The SMILES string of the molecule is CCNc1ncnc(NCc2cncs2)c1CC. The molecule has 0 aliphatic carbocycles. The quantitative estimate of drug-likeness (QED) is 0.838. The topological polar surface area (TPSA) is 62.7 Å². The van der Waals surface area contributed by atoms with Crippen LogP contribution in [0.1, 0.15) is 24.3 Å². The number of hydrogen-bond acceptors (Lipinski definition) is 6. The maximum absolute atomic E-state index is 4.31. The molecule has 0 saturated heterocycles. The molecule has 6 heteroatoms. The zero-order valence-corrected chi connectivity index (χ0v) is 11.4. The first-order valence-corrected chi connectivity index (χ1v) is 6.92. The fraction of sp³-hybridized carbons (Fsp3) is 0.417. The highest BCUT2D eigenvalue weighted by atomic mass is 32.1. The molecular formula is C12H17N5S. The van der Waals surface area contributed by atoms with Crippen LogP contribution in [0, 0.1) is 0 Å². The third-order valence-corrected chi connectivity index (χ3v) is 3.34. The first-order chi connectivity index (χ1) is 8.85. The molecule has 5 nitrogen and oxygen atoms in total. The van der Waals surface area contributed by atoms with E-state index in [-0.39, 0.29) is 0 Å². The first-order valence-electron chi connectivity index (χ1n) is 6.04. The van der Waals surface area contributed by atoms with Crippen LogP contribution in [0.3, 0.4) is 0 Å². The standard InChI is InChI=1S/C12H17N5S/c1-3-10-11(14-4-2)16-7-17-12(10)15-6-9-5-13-8-18-9/h5,7-8H,3-4,6H2,1-2H3,(H2,14,15,16,17). The fourth-order valence-corrected chi connectivity index (χ4v) is 2.25. The second-order valence-electron chi connectivity index (χ2n) is 3.75. The van der Waals surface area contributed by atoms with Crippen LogP contribution in [0.25, 0.3) is 0 Å². The number of nitrogens with one attached hydrogen (secondary N) is 2. The van der Waals surface area contributed by atoms with Crippen LogP contribution in [0.5, 0.6) is 0 Å². The van der Waals surface area contributed by atoms with Gasteiger partial charge in [0.05, 0.1) is 12.1 Å². The summed E-state index contributed by atoms with van der Waals surface area (Å²) in [6, 6.07) is 0. The number of hydrogen-bond donors (Lipinski definition) is 2. The van der Waals surface area contributed by atoms with Crippen molar-refractivity contribution in [1.29, 1.82) is 0 Å². The molecule has 0 spiro atoms.